The zero-order chi connectivity index (χ0) is 44.7. The van der Waals surface area contributed by atoms with Crippen LogP contribution < -0.4 is 9.96 Å². The van der Waals surface area contributed by atoms with Crippen LogP contribution >= 0.6 is 0 Å². The summed E-state index contributed by atoms with van der Waals surface area (Å²) in [7, 11) is 0. The summed E-state index contributed by atoms with van der Waals surface area (Å²) in [6.45, 7) is 31.5. The van der Waals surface area contributed by atoms with Crippen LogP contribution in [0.2, 0.25) is 0 Å². The van der Waals surface area contributed by atoms with Crippen LogP contribution in [0.15, 0.2) is 148 Å². The summed E-state index contributed by atoms with van der Waals surface area (Å²) in [5.74, 6) is 3.19. The summed E-state index contributed by atoms with van der Waals surface area (Å²) in [4.78, 5) is 0. The van der Waals surface area contributed by atoms with E-state index in [0.29, 0.717) is 17.8 Å². The molecule has 320 valence electrons. The van der Waals surface area contributed by atoms with Gasteiger partial charge >= 0.3 is 380 Å². The minimum absolute atomic E-state index is 0.304. The van der Waals surface area contributed by atoms with Crippen LogP contribution in [-0.2, 0) is 17.8 Å². The molecule has 6 aromatic rings. The van der Waals surface area contributed by atoms with E-state index >= 15 is 0 Å². The Morgan fingerprint density at radius 1 is 0.387 bits per heavy atom. The maximum atomic E-state index is 8.03. The number of aryl methyl sites for hydroxylation is 3. The van der Waals surface area contributed by atoms with E-state index in [1.165, 1.54) is 33.4 Å². The van der Waals surface area contributed by atoms with E-state index in [-0.39, 0.29) is 0 Å². The SMILES string of the molecule is CC1=C(C)C(C)(C)[C]([Ti]([O]c2ccc(C)cc2-c2ccccc2C(C)C)([O]c2ccc(C)cc2-c2ccccc2C(C)C)[O]c2ccc(C)cc2-c2ccccc2C(C)C)=C1C. The van der Waals surface area contributed by atoms with Gasteiger partial charge in [0, 0.05) is 0 Å². The fourth-order valence-electron chi connectivity index (χ4n) is 9.42. The molecule has 0 N–H and O–H groups in total. The van der Waals surface area contributed by atoms with Crippen molar-refractivity contribution in [2.45, 2.75) is 115 Å². The van der Waals surface area contributed by atoms with Gasteiger partial charge in [0.2, 0.25) is 0 Å². The van der Waals surface area contributed by atoms with Crippen LogP contribution in [0, 0.1) is 26.2 Å². The molecule has 0 amide bonds. The second-order valence-electron chi connectivity index (χ2n) is 19.0. The third-order valence-electron chi connectivity index (χ3n) is 13.1. The van der Waals surface area contributed by atoms with Crippen LogP contribution in [0.25, 0.3) is 33.4 Å². The summed E-state index contributed by atoms with van der Waals surface area (Å²) < 4.78 is 25.2. The summed E-state index contributed by atoms with van der Waals surface area (Å²) in [5.41, 5.74) is 17.2. The molecule has 0 bridgehead atoms. The van der Waals surface area contributed by atoms with E-state index < -0.39 is 23.2 Å². The number of allylic oxidation sites excluding steroid dienone is 4. The van der Waals surface area contributed by atoms with Gasteiger partial charge < -0.3 is 0 Å². The number of benzene rings is 6. The Hall–Kier alpha value is -5.09. The van der Waals surface area contributed by atoms with Gasteiger partial charge in [0.1, 0.15) is 0 Å². The molecular formula is C58H66O3Ti. The van der Waals surface area contributed by atoms with Crippen molar-refractivity contribution in [3.8, 4) is 50.6 Å². The number of hydrogen-bond donors (Lipinski definition) is 0. The molecule has 0 saturated carbocycles. The number of hydrogen-bond acceptors (Lipinski definition) is 3. The van der Waals surface area contributed by atoms with Crippen LogP contribution in [-0.4, -0.2) is 0 Å². The second kappa shape index (κ2) is 18.0. The van der Waals surface area contributed by atoms with Crippen LogP contribution in [0.1, 0.15) is 127 Å². The zero-order valence-corrected chi connectivity index (χ0v) is 41.1. The van der Waals surface area contributed by atoms with Gasteiger partial charge in [-0.2, -0.15) is 0 Å². The van der Waals surface area contributed by atoms with Gasteiger partial charge in [0.15, 0.2) is 0 Å². The third kappa shape index (κ3) is 8.64. The summed E-state index contributed by atoms with van der Waals surface area (Å²) in [5, 5.41) is 0. The van der Waals surface area contributed by atoms with Crippen molar-refractivity contribution in [3.05, 3.63) is 181 Å². The molecule has 3 nitrogen and oxygen atoms in total. The van der Waals surface area contributed by atoms with Crippen LogP contribution in [0.4, 0.5) is 0 Å². The fourth-order valence-corrected chi connectivity index (χ4v) is 14.8. The van der Waals surface area contributed by atoms with E-state index in [0.717, 1.165) is 71.2 Å². The molecule has 0 unspecified atom stereocenters. The molecule has 0 saturated heterocycles. The molecular weight excluding hydrogens is 793 g/mol. The van der Waals surface area contributed by atoms with Crippen molar-refractivity contribution < 1.29 is 27.7 Å². The Labute approximate surface area is 377 Å². The third-order valence-corrected chi connectivity index (χ3v) is 17.9. The van der Waals surface area contributed by atoms with Gasteiger partial charge in [0.25, 0.3) is 0 Å². The van der Waals surface area contributed by atoms with Crippen LogP contribution in [0.5, 0.6) is 17.2 Å². The molecule has 0 radical (unpaired) electrons. The average Bonchev–Trinajstić information content (AvgIpc) is 3.40. The van der Waals surface area contributed by atoms with Crippen molar-refractivity contribution in [3.63, 3.8) is 0 Å². The predicted molar refractivity (Wildman–Crippen MR) is 259 cm³/mol. The second-order valence-corrected chi connectivity index (χ2v) is 22.4. The van der Waals surface area contributed by atoms with Crippen molar-refractivity contribution >= 4 is 0 Å². The van der Waals surface area contributed by atoms with Crippen molar-refractivity contribution in [2.24, 2.45) is 5.41 Å². The monoisotopic (exact) mass is 858 g/mol. The van der Waals surface area contributed by atoms with Crippen molar-refractivity contribution in [1.29, 1.82) is 0 Å². The normalized spacial score (nSPS) is 14.1. The molecule has 0 aliphatic heterocycles. The van der Waals surface area contributed by atoms with E-state index in [1.54, 1.807) is 0 Å². The standard InChI is InChI=1S/3C16H18O.C10H15.Ti/c3*1-11(2)13-6-4-5-7-14(13)15-10-12(3)8-9-16(15)17;1-7-6-10(4,5)9(3)8(7)2;/h3*4-11,17H,1-3H3;1-5H3;/q;;;;+3/p-3. The van der Waals surface area contributed by atoms with Gasteiger partial charge in [-0.15, -0.1) is 0 Å². The molecule has 1 aliphatic rings. The van der Waals surface area contributed by atoms with E-state index in [1.807, 2.05) is 0 Å². The Morgan fingerprint density at radius 2 is 0.694 bits per heavy atom. The molecule has 1 aliphatic carbocycles. The summed E-state index contributed by atoms with van der Waals surface area (Å²) >= 11 is -5.05. The molecule has 62 heavy (non-hydrogen) atoms. The predicted octanol–water partition coefficient (Wildman–Crippen LogP) is 17.1. The van der Waals surface area contributed by atoms with Gasteiger partial charge in [-0.05, 0) is 0 Å². The maximum absolute atomic E-state index is 8.03. The molecule has 0 fully saturated rings. The molecule has 0 aromatic heterocycles. The fraction of sp³-hybridized carbons (Fsp3) is 0.310. The first-order valence-corrected chi connectivity index (χ1v) is 25.2. The quantitative estimate of drug-likeness (QED) is 0.108. The Balaban J connectivity index is 1.60. The first kappa shape index (κ1) is 45.0. The van der Waals surface area contributed by atoms with Crippen LogP contribution in [0.3, 0.4) is 0 Å². The summed E-state index contributed by atoms with van der Waals surface area (Å²) in [6, 6.07) is 46.0. The molecule has 0 spiro atoms. The summed E-state index contributed by atoms with van der Waals surface area (Å²) in [6.07, 6.45) is 0. The van der Waals surface area contributed by atoms with Gasteiger partial charge in [-0.3, -0.25) is 0 Å². The Kier molecular flexibility index (Phi) is 13.0. The topological polar surface area (TPSA) is 27.7 Å². The molecule has 7 rings (SSSR count). The van der Waals surface area contributed by atoms with Gasteiger partial charge in [-0.1, -0.05) is 0 Å². The minimum atomic E-state index is -5.05. The zero-order valence-electron chi connectivity index (χ0n) is 39.6. The molecule has 0 heterocycles. The van der Waals surface area contributed by atoms with Gasteiger partial charge in [0.05, 0.1) is 0 Å². The first-order valence-electron chi connectivity index (χ1n) is 22.5. The Morgan fingerprint density at radius 3 is 0.968 bits per heavy atom. The van der Waals surface area contributed by atoms with Crippen molar-refractivity contribution in [2.75, 3.05) is 0 Å². The average molecular weight is 859 g/mol. The molecule has 4 heteroatoms. The van der Waals surface area contributed by atoms with E-state index in [2.05, 4.69) is 224 Å². The van der Waals surface area contributed by atoms with E-state index in [9.17, 15) is 0 Å². The Bertz CT molecular complexity index is 2440. The molecule has 0 atom stereocenters. The van der Waals surface area contributed by atoms with E-state index in [4.69, 9.17) is 9.96 Å². The van der Waals surface area contributed by atoms with Gasteiger partial charge in [-0.25, -0.2) is 0 Å². The first-order chi connectivity index (χ1) is 29.4. The molecule has 6 aromatic carbocycles. The van der Waals surface area contributed by atoms with Crippen molar-refractivity contribution in [1.82, 2.24) is 0 Å². The number of rotatable bonds is 13.